The fourth-order valence-electron chi connectivity index (χ4n) is 4.48. The molecule has 2 aromatic carbocycles. The fraction of sp³-hybridized carbons (Fsp3) is 0.185. The van der Waals surface area contributed by atoms with Crippen LogP contribution in [0.25, 0.3) is 5.69 Å². The molecule has 0 saturated carbocycles. The van der Waals surface area contributed by atoms with Crippen LogP contribution in [0.4, 0.5) is 10.1 Å². The van der Waals surface area contributed by atoms with Crippen LogP contribution in [0.2, 0.25) is 0 Å². The first-order chi connectivity index (χ1) is 16.7. The summed E-state index contributed by atoms with van der Waals surface area (Å²) in [5, 5.41) is 7.70. The average Bonchev–Trinajstić information content (AvgIpc) is 3.48. The third-order valence-electron chi connectivity index (χ3n) is 6.06. The molecule has 1 aliphatic rings. The van der Waals surface area contributed by atoms with Crippen LogP contribution in [-0.2, 0) is 0 Å². The van der Waals surface area contributed by atoms with E-state index in [1.165, 1.54) is 12.1 Å². The number of para-hydroxylation sites is 1. The van der Waals surface area contributed by atoms with E-state index in [0.717, 1.165) is 42.3 Å². The van der Waals surface area contributed by atoms with Crippen LogP contribution < -0.4 is 10.6 Å². The molecule has 7 heteroatoms. The first kappa shape index (κ1) is 22.1. The van der Waals surface area contributed by atoms with Gasteiger partial charge in [-0.25, -0.2) is 4.39 Å². The number of anilines is 1. The lowest BCUT2D eigenvalue weighted by molar-refractivity contribution is 0.307. The van der Waals surface area contributed by atoms with Crippen molar-refractivity contribution in [3.05, 3.63) is 115 Å². The number of benzene rings is 2. The van der Waals surface area contributed by atoms with Gasteiger partial charge in [-0.3, -0.25) is 4.98 Å². The van der Waals surface area contributed by atoms with Gasteiger partial charge >= 0.3 is 0 Å². The number of aromatic nitrogens is 2. The summed E-state index contributed by atoms with van der Waals surface area (Å²) in [6.45, 7) is 1.62. The molecule has 172 valence electrons. The molecule has 3 heterocycles. The third-order valence-corrected chi connectivity index (χ3v) is 6.42. The van der Waals surface area contributed by atoms with Crippen LogP contribution in [0.15, 0.2) is 97.3 Å². The molecule has 2 atom stereocenters. The molecule has 2 N–H and O–H groups in total. The van der Waals surface area contributed by atoms with E-state index < -0.39 is 0 Å². The Balaban J connectivity index is 1.42. The Hall–Kier alpha value is -3.71. The van der Waals surface area contributed by atoms with Gasteiger partial charge in [0.1, 0.15) is 5.82 Å². The highest BCUT2D eigenvalue weighted by Crippen LogP contribution is 2.39. The molecule has 0 bridgehead atoms. The number of halogens is 1. The van der Waals surface area contributed by atoms with Crippen molar-refractivity contribution in [2.24, 2.45) is 0 Å². The predicted octanol–water partition coefficient (Wildman–Crippen LogP) is 5.49. The van der Waals surface area contributed by atoms with E-state index in [9.17, 15) is 4.39 Å². The number of pyridine rings is 1. The lowest BCUT2D eigenvalue weighted by atomic mass is 10.0. The van der Waals surface area contributed by atoms with Crippen LogP contribution in [0, 0.1) is 5.82 Å². The van der Waals surface area contributed by atoms with Gasteiger partial charge in [0.25, 0.3) is 0 Å². The van der Waals surface area contributed by atoms with Crippen LogP contribution in [0.1, 0.15) is 29.9 Å². The number of nitrogens with zero attached hydrogens (tertiary/aromatic N) is 3. The topological polar surface area (TPSA) is 45.1 Å². The molecule has 0 spiro atoms. The quantitative estimate of drug-likeness (QED) is 0.263. The van der Waals surface area contributed by atoms with Crippen LogP contribution in [0.5, 0.6) is 0 Å². The summed E-state index contributed by atoms with van der Waals surface area (Å²) in [5.41, 5.74) is 4.03. The molecule has 1 aliphatic heterocycles. The highest BCUT2D eigenvalue weighted by atomic mass is 32.1. The molecular weight excluding hydrogens is 445 g/mol. The molecule has 2 aromatic heterocycles. The van der Waals surface area contributed by atoms with E-state index in [4.69, 9.17) is 12.2 Å². The summed E-state index contributed by atoms with van der Waals surface area (Å²) in [6, 6.07) is 26.7. The van der Waals surface area contributed by atoms with Crippen molar-refractivity contribution in [1.29, 1.82) is 0 Å². The number of hydrogen-bond donors (Lipinski definition) is 2. The summed E-state index contributed by atoms with van der Waals surface area (Å²) < 4.78 is 15.7. The van der Waals surface area contributed by atoms with Crippen molar-refractivity contribution in [3.8, 4) is 5.69 Å². The van der Waals surface area contributed by atoms with Crippen LogP contribution >= 0.6 is 12.2 Å². The third kappa shape index (κ3) is 4.65. The molecule has 0 radical (unpaired) electrons. The largest absolute Gasteiger partial charge is 0.385 e. The predicted molar refractivity (Wildman–Crippen MR) is 137 cm³/mol. The minimum Gasteiger partial charge on any atom is -0.385 e. The Bertz CT molecular complexity index is 1230. The summed E-state index contributed by atoms with van der Waals surface area (Å²) in [6.07, 6.45) is 4.73. The molecule has 1 saturated heterocycles. The molecule has 4 aromatic rings. The van der Waals surface area contributed by atoms with Crippen LogP contribution in [0.3, 0.4) is 0 Å². The first-order valence-corrected chi connectivity index (χ1v) is 11.8. The molecule has 5 rings (SSSR count). The smallest absolute Gasteiger partial charge is 0.170 e. The van der Waals surface area contributed by atoms with Gasteiger partial charge in [-0.1, -0.05) is 24.3 Å². The van der Waals surface area contributed by atoms with Gasteiger partial charge in [-0.05, 0) is 79.3 Å². The maximum absolute atomic E-state index is 13.6. The highest BCUT2D eigenvalue weighted by molar-refractivity contribution is 7.80. The van der Waals surface area contributed by atoms with Gasteiger partial charge in [0.2, 0.25) is 0 Å². The second-order valence-electron chi connectivity index (χ2n) is 8.25. The van der Waals surface area contributed by atoms with Crippen molar-refractivity contribution in [2.75, 3.05) is 18.4 Å². The maximum Gasteiger partial charge on any atom is 0.170 e. The van der Waals surface area contributed by atoms with E-state index in [2.05, 4.69) is 43.3 Å². The second-order valence-corrected chi connectivity index (χ2v) is 8.63. The number of nitrogens with one attached hydrogen (secondary N) is 2. The minimum absolute atomic E-state index is 0.0563. The van der Waals surface area contributed by atoms with Crippen LogP contribution in [-0.4, -0.2) is 32.7 Å². The Kier molecular flexibility index (Phi) is 6.53. The Labute approximate surface area is 204 Å². The zero-order valence-corrected chi connectivity index (χ0v) is 19.5. The Morgan fingerprint density at radius 1 is 0.941 bits per heavy atom. The van der Waals surface area contributed by atoms with Crippen molar-refractivity contribution in [1.82, 2.24) is 19.8 Å². The van der Waals surface area contributed by atoms with Crippen molar-refractivity contribution in [2.45, 2.75) is 18.5 Å². The number of thiocarbonyl (C=S) groups is 1. The lowest BCUT2D eigenvalue weighted by Gasteiger charge is -2.29. The summed E-state index contributed by atoms with van der Waals surface area (Å²) >= 11 is 5.80. The lowest BCUT2D eigenvalue weighted by Crippen LogP contribution is -2.32. The summed E-state index contributed by atoms with van der Waals surface area (Å²) in [5.74, 6) is -0.250. The molecule has 34 heavy (non-hydrogen) atoms. The van der Waals surface area contributed by atoms with E-state index >= 15 is 0 Å². The van der Waals surface area contributed by atoms with Crippen molar-refractivity contribution < 1.29 is 4.39 Å². The molecule has 0 unspecified atom stereocenters. The second kappa shape index (κ2) is 10.1. The van der Waals surface area contributed by atoms with Crippen molar-refractivity contribution >= 4 is 23.0 Å². The Morgan fingerprint density at radius 3 is 2.50 bits per heavy atom. The van der Waals surface area contributed by atoms with Gasteiger partial charge in [-0.15, -0.1) is 0 Å². The molecule has 0 amide bonds. The fourth-order valence-corrected chi connectivity index (χ4v) is 4.81. The number of hydrogen-bond acceptors (Lipinski definition) is 3. The zero-order valence-electron chi connectivity index (χ0n) is 18.6. The molecule has 0 aliphatic carbocycles. The average molecular weight is 472 g/mol. The minimum atomic E-state index is -0.250. The van der Waals surface area contributed by atoms with Crippen molar-refractivity contribution in [3.63, 3.8) is 0 Å². The van der Waals surface area contributed by atoms with E-state index in [1.807, 2.05) is 54.9 Å². The van der Waals surface area contributed by atoms with Gasteiger partial charge < -0.3 is 20.1 Å². The molecule has 1 fully saturated rings. The van der Waals surface area contributed by atoms with Gasteiger partial charge in [-0.2, -0.15) is 0 Å². The first-order valence-electron chi connectivity index (χ1n) is 11.4. The number of rotatable bonds is 8. The van der Waals surface area contributed by atoms with E-state index in [0.29, 0.717) is 5.11 Å². The van der Waals surface area contributed by atoms with Gasteiger partial charge in [0.15, 0.2) is 5.11 Å². The monoisotopic (exact) mass is 471 g/mol. The SMILES string of the molecule is Fc1ccc(-n2cccc2[C@H]2[C@@H](c3ccccn3)NC(=S)N2CCCNc2ccccc2)cc1. The zero-order chi connectivity index (χ0) is 23.3. The Morgan fingerprint density at radius 2 is 1.74 bits per heavy atom. The molecule has 5 nitrogen and oxygen atoms in total. The normalized spacial score (nSPS) is 17.6. The molecular formula is C27H26FN5S. The van der Waals surface area contributed by atoms with Gasteiger partial charge in [0, 0.05) is 42.6 Å². The van der Waals surface area contributed by atoms with E-state index in [1.54, 1.807) is 12.1 Å². The standard InChI is InChI=1S/C27H26FN5S/c28-20-12-14-22(15-13-20)32-18-6-11-24(32)26-25(23-10-4-5-16-30-23)31-27(34)33(26)19-7-17-29-21-8-2-1-3-9-21/h1-6,8-16,18,25-26,29H,7,17,19H2,(H,31,34)/t25-,26+/m1/s1. The summed E-state index contributed by atoms with van der Waals surface area (Å²) in [4.78, 5) is 6.87. The highest BCUT2D eigenvalue weighted by Gasteiger charge is 2.40. The summed E-state index contributed by atoms with van der Waals surface area (Å²) in [7, 11) is 0. The van der Waals surface area contributed by atoms with Gasteiger partial charge in [0.05, 0.1) is 17.8 Å². The van der Waals surface area contributed by atoms with E-state index in [-0.39, 0.29) is 17.9 Å². The maximum atomic E-state index is 13.6.